The lowest BCUT2D eigenvalue weighted by Crippen LogP contribution is -2.59. The third-order valence-electron chi connectivity index (χ3n) is 4.03. The Morgan fingerprint density at radius 1 is 1.52 bits per heavy atom. The number of aromatic carboxylic acids is 1. The summed E-state index contributed by atoms with van der Waals surface area (Å²) in [5.74, 6) is -1.14. The van der Waals surface area contributed by atoms with Gasteiger partial charge in [-0.25, -0.2) is 17.9 Å². The average molecular weight is 396 g/mol. The normalized spacial score (nSPS) is 28.7. The molecule has 0 radical (unpaired) electrons. The van der Waals surface area contributed by atoms with Gasteiger partial charge in [0, 0.05) is 11.1 Å². The van der Waals surface area contributed by atoms with Crippen LogP contribution in [0.4, 0.5) is 0 Å². The van der Waals surface area contributed by atoms with Gasteiger partial charge in [0.15, 0.2) is 0 Å². The van der Waals surface area contributed by atoms with Crippen LogP contribution in [0.15, 0.2) is 14.7 Å². The summed E-state index contributed by atoms with van der Waals surface area (Å²) in [5, 5.41) is 8.95. The summed E-state index contributed by atoms with van der Waals surface area (Å²) in [6, 6.07) is 1.08. The van der Waals surface area contributed by atoms with E-state index in [2.05, 4.69) is 20.7 Å². The van der Waals surface area contributed by atoms with Crippen LogP contribution in [0.1, 0.15) is 35.4 Å². The first-order valence-electron chi connectivity index (χ1n) is 6.53. The fraction of sp³-hybridized carbons (Fsp3) is 0.583. The second-order valence-electron chi connectivity index (χ2n) is 5.28. The molecule has 21 heavy (non-hydrogen) atoms. The van der Waals surface area contributed by atoms with Gasteiger partial charge in [-0.1, -0.05) is 0 Å². The van der Waals surface area contributed by atoms with E-state index in [9.17, 15) is 13.2 Å². The molecule has 2 N–H and O–H groups in total. The number of sulfonamides is 1. The third kappa shape index (κ3) is 2.65. The van der Waals surface area contributed by atoms with Crippen LogP contribution in [0.25, 0.3) is 0 Å². The molecule has 1 spiro atoms. The number of thiophene rings is 1. The highest BCUT2D eigenvalue weighted by atomic mass is 79.9. The molecule has 2 aliphatic rings. The lowest BCUT2D eigenvalue weighted by atomic mass is 9.74. The third-order valence-corrected chi connectivity index (χ3v) is 8.31. The smallest absolute Gasteiger partial charge is 0.345 e. The SMILES string of the molecule is O=C(O)c1cc(Br)c(S(=O)(=O)NC2CCC23CCCO3)s1. The minimum atomic E-state index is -3.75. The quantitative estimate of drug-likeness (QED) is 0.814. The molecular weight excluding hydrogens is 382 g/mol. The first kappa shape index (κ1) is 15.4. The fourth-order valence-electron chi connectivity index (χ4n) is 2.85. The van der Waals surface area contributed by atoms with Gasteiger partial charge in [0.1, 0.15) is 9.09 Å². The highest BCUT2D eigenvalue weighted by Gasteiger charge is 2.51. The Morgan fingerprint density at radius 3 is 2.76 bits per heavy atom. The monoisotopic (exact) mass is 395 g/mol. The molecule has 0 amide bonds. The molecule has 3 rings (SSSR count). The van der Waals surface area contributed by atoms with Crippen LogP contribution in [-0.2, 0) is 14.8 Å². The van der Waals surface area contributed by atoms with Crippen molar-refractivity contribution in [3.8, 4) is 0 Å². The van der Waals surface area contributed by atoms with Crippen molar-refractivity contribution in [3.05, 3.63) is 15.4 Å². The molecule has 2 heterocycles. The lowest BCUT2D eigenvalue weighted by molar-refractivity contribution is -0.0794. The Balaban J connectivity index is 1.83. The Kier molecular flexibility index (Phi) is 3.90. The van der Waals surface area contributed by atoms with Crippen molar-refractivity contribution in [1.82, 2.24) is 4.72 Å². The van der Waals surface area contributed by atoms with E-state index in [0.29, 0.717) is 6.61 Å². The Hall–Kier alpha value is -0.480. The minimum absolute atomic E-state index is 0.0000491. The molecular formula is C12H14BrNO5S2. The molecule has 1 saturated heterocycles. The fourth-order valence-corrected chi connectivity index (χ4v) is 6.71. The summed E-state index contributed by atoms with van der Waals surface area (Å²) in [5.41, 5.74) is -0.355. The largest absolute Gasteiger partial charge is 0.477 e. The van der Waals surface area contributed by atoms with E-state index in [0.717, 1.165) is 37.0 Å². The van der Waals surface area contributed by atoms with E-state index in [-0.39, 0.29) is 25.2 Å². The van der Waals surface area contributed by atoms with Crippen molar-refractivity contribution in [2.45, 2.75) is 41.5 Å². The Labute approximate surface area is 134 Å². The zero-order valence-corrected chi connectivity index (χ0v) is 14.2. The van der Waals surface area contributed by atoms with Gasteiger partial charge in [0.25, 0.3) is 10.0 Å². The van der Waals surface area contributed by atoms with Gasteiger partial charge in [-0.3, -0.25) is 0 Å². The van der Waals surface area contributed by atoms with Crippen molar-refractivity contribution in [3.63, 3.8) is 0 Å². The average Bonchev–Trinajstić information content (AvgIpc) is 3.02. The summed E-state index contributed by atoms with van der Waals surface area (Å²) >= 11 is 3.87. The molecule has 1 aromatic heterocycles. The first-order valence-corrected chi connectivity index (χ1v) is 9.62. The lowest BCUT2D eigenvalue weighted by Gasteiger charge is -2.46. The van der Waals surface area contributed by atoms with E-state index in [4.69, 9.17) is 9.84 Å². The Morgan fingerprint density at radius 2 is 2.29 bits per heavy atom. The minimum Gasteiger partial charge on any atom is -0.477 e. The molecule has 9 heteroatoms. The zero-order chi connectivity index (χ0) is 15.3. The number of rotatable bonds is 4. The van der Waals surface area contributed by atoms with Gasteiger partial charge in [-0.05, 0) is 47.7 Å². The van der Waals surface area contributed by atoms with Gasteiger partial charge >= 0.3 is 5.97 Å². The first-order chi connectivity index (χ1) is 9.84. The van der Waals surface area contributed by atoms with Crippen LogP contribution >= 0.6 is 27.3 Å². The van der Waals surface area contributed by atoms with Crippen molar-refractivity contribution in [2.24, 2.45) is 0 Å². The van der Waals surface area contributed by atoms with E-state index in [1.807, 2.05) is 0 Å². The van der Waals surface area contributed by atoms with Crippen LogP contribution in [0.2, 0.25) is 0 Å². The standard InChI is InChI=1S/C12H14BrNO5S2/c13-7-6-8(10(15)16)20-11(7)21(17,18)14-9-2-4-12(9)3-1-5-19-12/h6,9,14H,1-5H2,(H,15,16). The number of carboxylic acid groups (broad SMARTS) is 1. The van der Waals surface area contributed by atoms with Crippen molar-refractivity contribution >= 4 is 43.3 Å². The molecule has 1 saturated carbocycles. The van der Waals surface area contributed by atoms with Gasteiger partial charge in [-0.2, -0.15) is 0 Å². The van der Waals surface area contributed by atoms with Crippen LogP contribution in [0.5, 0.6) is 0 Å². The number of hydrogen-bond acceptors (Lipinski definition) is 5. The van der Waals surface area contributed by atoms with Gasteiger partial charge < -0.3 is 9.84 Å². The van der Waals surface area contributed by atoms with Crippen molar-refractivity contribution in [2.75, 3.05) is 6.61 Å². The summed E-state index contributed by atoms with van der Waals surface area (Å²) < 4.78 is 33.6. The van der Waals surface area contributed by atoms with E-state index in [1.165, 1.54) is 6.07 Å². The molecule has 1 aliphatic heterocycles. The van der Waals surface area contributed by atoms with Crippen LogP contribution < -0.4 is 4.72 Å². The number of hydrogen-bond donors (Lipinski definition) is 2. The molecule has 2 fully saturated rings. The number of ether oxygens (including phenoxy) is 1. The van der Waals surface area contributed by atoms with Crippen molar-refractivity contribution in [1.29, 1.82) is 0 Å². The maximum atomic E-state index is 12.5. The second-order valence-corrected chi connectivity index (χ2v) is 9.10. The zero-order valence-electron chi connectivity index (χ0n) is 11.0. The number of nitrogens with one attached hydrogen (secondary N) is 1. The van der Waals surface area contributed by atoms with E-state index >= 15 is 0 Å². The Bertz CT molecular complexity index is 678. The molecule has 0 bridgehead atoms. The van der Waals surface area contributed by atoms with Crippen LogP contribution in [0, 0.1) is 0 Å². The topological polar surface area (TPSA) is 92.7 Å². The predicted molar refractivity (Wildman–Crippen MR) is 80.2 cm³/mol. The van der Waals surface area contributed by atoms with Gasteiger partial charge in [-0.15, -0.1) is 11.3 Å². The van der Waals surface area contributed by atoms with Gasteiger partial charge in [0.05, 0.1) is 11.6 Å². The molecule has 6 nitrogen and oxygen atoms in total. The number of halogens is 1. The molecule has 0 aromatic carbocycles. The van der Waals surface area contributed by atoms with Crippen molar-refractivity contribution < 1.29 is 23.1 Å². The molecule has 1 aromatic rings. The highest BCUT2D eigenvalue weighted by molar-refractivity contribution is 9.10. The van der Waals surface area contributed by atoms with Gasteiger partial charge in [0.2, 0.25) is 0 Å². The number of carboxylic acids is 1. The molecule has 116 valence electrons. The van der Waals surface area contributed by atoms with Crippen LogP contribution in [-0.4, -0.2) is 37.7 Å². The number of carbonyl (C=O) groups is 1. The predicted octanol–water partition coefficient (Wildman–Crippen LogP) is 2.20. The second kappa shape index (κ2) is 5.31. The van der Waals surface area contributed by atoms with E-state index < -0.39 is 16.0 Å². The summed E-state index contributed by atoms with van der Waals surface area (Å²) in [4.78, 5) is 10.9. The summed E-state index contributed by atoms with van der Waals surface area (Å²) in [7, 11) is -3.75. The molecule has 2 unspecified atom stereocenters. The molecule has 1 aliphatic carbocycles. The maximum absolute atomic E-state index is 12.5. The summed E-state index contributed by atoms with van der Waals surface area (Å²) in [6.07, 6.45) is 3.43. The highest BCUT2D eigenvalue weighted by Crippen LogP contribution is 2.44. The summed E-state index contributed by atoms with van der Waals surface area (Å²) in [6.45, 7) is 0.671. The molecule has 2 atom stereocenters. The van der Waals surface area contributed by atoms with E-state index in [1.54, 1.807) is 0 Å². The van der Waals surface area contributed by atoms with Crippen LogP contribution in [0.3, 0.4) is 0 Å². The maximum Gasteiger partial charge on any atom is 0.345 e.